The van der Waals surface area contributed by atoms with Gasteiger partial charge in [-0.3, -0.25) is 4.79 Å². The van der Waals surface area contributed by atoms with E-state index in [2.05, 4.69) is 4.98 Å². The molecule has 0 atom stereocenters. The molecule has 5 heteroatoms. The van der Waals surface area contributed by atoms with E-state index in [1.54, 1.807) is 18.1 Å². The molecule has 0 aliphatic carbocycles. The number of thioether (sulfide) groups is 1. The highest BCUT2D eigenvalue weighted by Crippen LogP contribution is 2.20. The van der Waals surface area contributed by atoms with Crippen molar-refractivity contribution in [1.29, 1.82) is 0 Å². The Morgan fingerprint density at radius 3 is 2.93 bits per heavy atom. The summed E-state index contributed by atoms with van der Waals surface area (Å²) in [5, 5.41) is 0.988. The Morgan fingerprint density at radius 1 is 1.67 bits per heavy atom. The first kappa shape index (κ1) is 12.1. The van der Waals surface area contributed by atoms with E-state index in [1.165, 1.54) is 0 Å². The van der Waals surface area contributed by atoms with Crippen molar-refractivity contribution in [2.45, 2.75) is 25.3 Å². The Kier molecular flexibility index (Phi) is 4.68. The summed E-state index contributed by atoms with van der Waals surface area (Å²) in [4.78, 5) is 15.3. The van der Waals surface area contributed by atoms with Crippen LogP contribution >= 0.6 is 11.8 Å². The van der Waals surface area contributed by atoms with Crippen molar-refractivity contribution in [1.82, 2.24) is 9.55 Å². The molecule has 0 radical (unpaired) electrons. The highest BCUT2D eigenvalue weighted by Gasteiger charge is 2.06. The summed E-state index contributed by atoms with van der Waals surface area (Å²) in [6, 6.07) is 0. The van der Waals surface area contributed by atoms with E-state index in [9.17, 15) is 4.79 Å². The van der Waals surface area contributed by atoms with Crippen molar-refractivity contribution >= 4 is 17.7 Å². The molecular weight excluding hydrogens is 212 g/mol. The molecule has 0 aromatic carbocycles. The van der Waals surface area contributed by atoms with Gasteiger partial charge in [0.05, 0.1) is 19.4 Å². The maximum absolute atomic E-state index is 11.1. The zero-order chi connectivity index (χ0) is 11.3. The number of carbonyl (C=O) groups is 1. The normalized spacial score (nSPS) is 10.3. The number of carbonyl (C=O) groups excluding carboxylic acids is 1. The van der Waals surface area contributed by atoms with Crippen LogP contribution in [0.3, 0.4) is 0 Å². The van der Waals surface area contributed by atoms with Crippen molar-refractivity contribution in [2.24, 2.45) is 7.05 Å². The molecule has 0 bridgehead atoms. The Bertz CT molecular complexity index is 336. The predicted octanol–water partition coefficient (Wildman–Crippen LogP) is 1.77. The second-order valence-electron chi connectivity index (χ2n) is 3.15. The number of nitrogens with zero attached hydrogens (tertiary/aromatic N) is 2. The molecule has 0 aliphatic rings. The average molecular weight is 228 g/mol. The van der Waals surface area contributed by atoms with Crippen LogP contribution in [-0.2, 0) is 16.6 Å². The zero-order valence-corrected chi connectivity index (χ0v) is 10.1. The van der Waals surface area contributed by atoms with Gasteiger partial charge in [-0.15, -0.1) is 11.8 Å². The summed E-state index contributed by atoms with van der Waals surface area (Å²) < 4.78 is 6.80. The lowest BCUT2D eigenvalue weighted by Gasteiger charge is -2.01. The first-order chi connectivity index (χ1) is 7.15. The van der Waals surface area contributed by atoms with Gasteiger partial charge in [0, 0.05) is 18.5 Å². The monoisotopic (exact) mass is 228 g/mol. The highest BCUT2D eigenvalue weighted by molar-refractivity contribution is 7.99. The molecule has 15 heavy (non-hydrogen) atoms. The van der Waals surface area contributed by atoms with E-state index in [1.807, 2.05) is 25.5 Å². The Morgan fingerprint density at radius 2 is 2.40 bits per heavy atom. The molecule has 0 aliphatic heterocycles. The van der Waals surface area contributed by atoms with Gasteiger partial charge < -0.3 is 9.30 Å². The van der Waals surface area contributed by atoms with E-state index in [-0.39, 0.29) is 5.97 Å². The van der Waals surface area contributed by atoms with Crippen molar-refractivity contribution in [3.8, 4) is 0 Å². The number of ether oxygens (including phenoxy) is 1. The van der Waals surface area contributed by atoms with Crippen molar-refractivity contribution in [2.75, 3.05) is 12.4 Å². The van der Waals surface area contributed by atoms with Crippen LogP contribution in [0, 0.1) is 6.92 Å². The minimum atomic E-state index is -0.140. The fourth-order valence-corrected chi connectivity index (χ4v) is 2.01. The lowest BCUT2D eigenvalue weighted by atomic mass is 10.5. The molecule has 0 amide bonds. The van der Waals surface area contributed by atoms with Crippen LogP contribution in [0.1, 0.15) is 19.0 Å². The van der Waals surface area contributed by atoms with Gasteiger partial charge in [-0.25, -0.2) is 4.98 Å². The Hall–Kier alpha value is -0.970. The third-order valence-corrected chi connectivity index (χ3v) is 3.12. The molecule has 0 fully saturated rings. The van der Waals surface area contributed by atoms with Crippen LogP contribution in [0.25, 0.3) is 0 Å². The number of hydrogen-bond donors (Lipinski definition) is 0. The van der Waals surface area contributed by atoms with E-state index in [0.717, 1.165) is 16.5 Å². The van der Waals surface area contributed by atoms with E-state index >= 15 is 0 Å². The van der Waals surface area contributed by atoms with Crippen molar-refractivity contribution in [3.05, 3.63) is 12.0 Å². The van der Waals surface area contributed by atoms with Gasteiger partial charge in [0.1, 0.15) is 5.03 Å². The molecule has 0 spiro atoms. The second-order valence-corrected chi connectivity index (χ2v) is 4.23. The first-order valence-corrected chi connectivity index (χ1v) is 5.90. The van der Waals surface area contributed by atoms with Crippen LogP contribution in [0.15, 0.2) is 11.4 Å². The van der Waals surface area contributed by atoms with Gasteiger partial charge in [0.25, 0.3) is 0 Å². The molecule has 1 rings (SSSR count). The number of imidazole rings is 1. The number of rotatable bonds is 5. The van der Waals surface area contributed by atoms with Gasteiger partial charge in [0.15, 0.2) is 0 Å². The molecule has 84 valence electrons. The van der Waals surface area contributed by atoms with Gasteiger partial charge in [-0.2, -0.15) is 0 Å². The minimum Gasteiger partial charge on any atom is -0.466 e. The molecule has 1 aromatic heterocycles. The third kappa shape index (κ3) is 3.58. The highest BCUT2D eigenvalue weighted by atomic mass is 32.2. The quantitative estimate of drug-likeness (QED) is 0.569. The second kappa shape index (κ2) is 5.80. The van der Waals surface area contributed by atoms with Gasteiger partial charge >= 0.3 is 5.97 Å². The van der Waals surface area contributed by atoms with Crippen LogP contribution in [0.4, 0.5) is 0 Å². The van der Waals surface area contributed by atoms with Crippen LogP contribution in [-0.4, -0.2) is 27.9 Å². The summed E-state index contributed by atoms with van der Waals surface area (Å²) in [7, 11) is 1.96. The SMILES string of the molecule is CCOC(=O)CCSc1ncn(C)c1C. The molecule has 1 heterocycles. The molecule has 0 unspecified atom stereocenters. The number of aryl methyl sites for hydroxylation is 1. The number of esters is 1. The number of hydrogen-bond acceptors (Lipinski definition) is 4. The molecular formula is C10H16N2O2S. The predicted molar refractivity (Wildman–Crippen MR) is 59.9 cm³/mol. The van der Waals surface area contributed by atoms with Crippen LogP contribution in [0.2, 0.25) is 0 Å². The third-order valence-electron chi connectivity index (χ3n) is 2.04. The minimum absolute atomic E-state index is 0.140. The Balaban J connectivity index is 2.32. The lowest BCUT2D eigenvalue weighted by Crippen LogP contribution is -2.04. The maximum atomic E-state index is 11.1. The lowest BCUT2D eigenvalue weighted by molar-refractivity contribution is -0.142. The largest absolute Gasteiger partial charge is 0.466 e. The van der Waals surface area contributed by atoms with Crippen molar-refractivity contribution < 1.29 is 9.53 Å². The van der Waals surface area contributed by atoms with Gasteiger partial charge in [-0.05, 0) is 13.8 Å². The maximum Gasteiger partial charge on any atom is 0.306 e. The van der Waals surface area contributed by atoms with E-state index < -0.39 is 0 Å². The zero-order valence-electron chi connectivity index (χ0n) is 9.32. The molecule has 1 aromatic rings. The first-order valence-electron chi connectivity index (χ1n) is 4.91. The summed E-state index contributed by atoms with van der Waals surface area (Å²) in [6.45, 7) is 4.28. The average Bonchev–Trinajstić information content (AvgIpc) is 2.50. The topological polar surface area (TPSA) is 44.1 Å². The van der Waals surface area contributed by atoms with E-state index in [0.29, 0.717) is 13.0 Å². The van der Waals surface area contributed by atoms with Crippen LogP contribution in [0.5, 0.6) is 0 Å². The summed E-state index contributed by atoms with van der Waals surface area (Å²) >= 11 is 1.59. The van der Waals surface area contributed by atoms with Gasteiger partial charge in [-0.1, -0.05) is 0 Å². The fourth-order valence-electron chi connectivity index (χ4n) is 1.08. The standard InChI is InChI=1S/C10H16N2O2S/c1-4-14-9(13)5-6-15-10-8(2)12(3)7-11-10/h7H,4-6H2,1-3H3. The summed E-state index contributed by atoms with van der Waals surface area (Å²) in [6.07, 6.45) is 2.22. The smallest absolute Gasteiger partial charge is 0.306 e. The van der Waals surface area contributed by atoms with E-state index in [4.69, 9.17) is 4.74 Å². The fraction of sp³-hybridized carbons (Fsp3) is 0.600. The summed E-state index contributed by atoms with van der Waals surface area (Å²) in [5.74, 6) is 0.579. The summed E-state index contributed by atoms with van der Waals surface area (Å²) in [5.41, 5.74) is 1.13. The van der Waals surface area contributed by atoms with Gasteiger partial charge in [0.2, 0.25) is 0 Å². The molecule has 4 nitrogen and oxygen atoms in total. The Labute approximate surface area is 94.0 Å². The van der Waals surface area contributed by atoms with Crippen molar-refractivity contribution in [3.63, 3.8) is 0 Å². The molecule has 0 saturated carbocycles. The van der Waals surface area contributed by atoms with Crippen LogP contribution < -0.4 is 0 Å². The molecule has 0 N–H and O–H groups in total. The number of aromatic nitrogens is 2. The molecule has 0 saturated heterocycles.